The number of aromatic nitrogens is 1. The van der Waals surface area contributed by atoms with E-state index in [1.807, 2.05) is 12.1 Å². The van der Waals surface area contributed by atoms with Gasteiger partial charge in [0.25, 0.3) is 0 Å². The summed E-state index contributed by atoms with van der Waals surface area (Å²) >= 11 is 12.6. The summed E-state index contributed by atoms with van der Waals surface area (Å²) in [7, 11) is 0. The van der Waals surface area contributed by atoms with E-state index in [-0.39, 0.29) is 10.9 Å². The Bertz CT molecular complexity index is 864. The molecule has 1 heterocycles. The van der Waals surface area contributed by atoms with Gasteiger partial charge in [0.2, 0.25) is 0 Å². The molecule has 0 N–H and O–H groups in total. The van der Waals surface area contributed by atoms with Gasteiger partial charge in [-0.3, -0.25) is 0 Å². The summed E-state index contributed by atoms with van der Waals surface area (Å²) in [6.07, 6.45) is -4.73. The Balaban J connectivity index is 2.06. The molecule has 3 rings (SSSR count). The average Bonchev–Trinajstić information content (AvgIpc) is 2.47. The number of para-hydroxylation sites is 1. The van der Waals surface area contributed by atoms with Gasteiger partial charge >= 0.3 is 6.36 Å². The van der Waals surface area contributed by atoms with Crippen molar-refractivity contribution in [2.75, 3.05) is 0 Å². The minimum absolute atomic E-state index is 0.179. The van der Waals surface area contributed by atoms with Crippen molar-refractivity contribution in [3.8, 4) is 16.9 Å². The number of hydrogen-bond acceptors (Lipinski definition) is 2. The molecule has 0 unspecified atom stereocenters. The van der Waals surface area contributed by atoms with Crippen molar-refractivity contribution >= 4 is 34.1 Å². The first-order valence-corrected chi connectivity index (χ1v) is 7.21. The van der Waals surface area contributed by atoms with Crippen LogP contribution in [0.5, 0.6) is 5.75 Å². The Morgan fingerprint density at radius 2 is 1.57 bits per heavy atom. The van der Waals surface area contributed by atoms with E-state index >= 15 is 0 Å². The van der Waals surface area contributed by atoms with E-state index in [0.717, 1.165) is 0 Å². The third-order valence-electron chi connectivity index (χ3n) is 3.16. The minimum atomic E-state index is -4.73. The van der Waals surface area contributed by atoms with Crippen molar-refractivity contribution in [3.63, 3.8) is 0 Å². The van der Waals surface area contributed by atoms with Crippen LogP contribution < -0.4 is 4.74 Å². The minimum Gasteiger partial charge on any atom is -0.406 e. The van der Waals surface area contributed by atoms with Crippen LogP contribution in [0, 0.1) is 0 Å². The van der Waals surface area contributed by atoms with Gasteiger partial charge in [0.1, 0.15) is 10.9 Å². The highest BCUT2D eigenvalue weighted by Crippen LogP contribution is 2.39. The molecule has 0 radical (unpaired) electrons. The van der Waals surface area contributed by atoms with Gasteiger partial charge in [0, 0.05) is 10.9 Å². The Morgan fingerprint density at radius 3 is 2.22 bits per heavy atom. The quantitative estimate of drug-likeness (QED) is 0.516. The second kappa shape index (κ2) is 5.91. The molecule has 0 aliphatic rings. The van der Waals surface area contributed by atoms with Gasteiger partial charge in [-0.15, -0.1) is 13.2 Å². The van der Waals surface area contributed by atoms with Gasteiger partial charge in [-0.25, -0.2) is 4.98 Å². The van der Waals surface area contributed by atoms with Gasteiger partial charge in [-0.05, 0) is 23.8 Å². The van der Waals surface area contributed by atoms with Crippen LogP contribution in [0.15, 0.2) is 48.5 Å². The topological polar surface area (TPSA) is 22.1 Å². The Labute approximate surface area is 139 Å². The highest BCUT2D eigenvalue weighted by Gasteiger charge is 2.31. The van der Waals surface area contributed by atoms with E-state index in [2.05, 4.69) is 9.72 Å². The molecule has 1 aromatic heterocycles. The number of nitrogens with zero attached hydrogens (tertiary/aromatic N) is 1. The summed E-state index contributed by atoms with van der Waals surface area (Å²) in [6, 6.07) is 12.5. The molecule has 0 spiro atoms. The third kappa shape index (κ3) is 3.35. The summed E-state index contributed by atoms with van der Waals surface area (Å²) in [5, 5.41) is 1.28. The molecule has 0 fully saturated rings. The van der Waals surface area contributed by atoms with E-state index in [1.165, 1.54) is 24.3 Å². The highest BCUT2D eigenvalue weighted by molar-refractivity contribution is 6.42. The Kier molecular flexibility index (Phi) is 4.08. The fourth-order valence-corrected chi connectivity index (χ4v) is 2.91. The molecule has 0 aliphatic heterocycles. The van der Waals surface area contributed by atoms with Crippen LogP contribution in [0.1, 0.15) is 0 Å². The molecule has 2 nitrogen and oxygen atoms in total. The zero-order valence-corrected chi connectivity index (χ0v) is 12.9. The molecule has 0 bridgehead atoms. The summed E-state index contributed by atoms with van der Waals surface area (Å²) in [4.78, 5) is 4.26. The number of fused-ring (bicyclic) bond motifs is 1. The van der Waals surface area contributed by atoms with Gasteiger partial charge in [0.15, 0.2) is 0 Å². The molecule has 3 aromatic rings. The van der Waals surface area contributed by atoms with Gasteiger partial charge in [0.05, 0.1) is 10.5 Å². The number of benzene rings is 2. The van der Waals surface area contributed by atoms with E-state index < -0.39 is 6.36 Å². The zero-order chi connectivity index (χ0) is 16.6. The predicted molar refractivity (Wildman–Crippen MR) is 83.9 cm³/mol. The van der Waals surface area contributed by atoms with Gasteiger partial charge in [-0.2, -0.15) is 0 Å². The van der Waals surface area contributed by atoms with Crippen LogP contribution in [0.2, 0.25) is 10.2 Å². The summed E-state index contributed by atoms with van der Waals surface area (Å²) in [6.45, 7) is 0. The largest absolute Gasteiger partial charge is 0.573 e. The van der Waals surface area contributed by atoms with Crippen molar-refractivity contribution in [2.45, 2.75) is 6.36 Å². The van der Waals surface area contributed by atoms with Crippen molar-refractivity contribution in [1.29, 1.82) is 0 Å². The molecule has 0 aliphatic carbocycles. The van der Waals surface area contributed by atoms with Crippen LogP contribution in [-0.2, 0) is 0 Å². The number of alkyl halides is 3. The number of rotatable bonds is 2. The van der Waals surface area contributed by atoms with E-state index in [0.29, 0.717) is 27.1 Å². The number of ether oxygens (including phenoxy) is 1. The molecule has 23 heavy (non-hydrogen) atoms. The first-order chi connectivity index (χ1) is 10.8. The standard InChI is InChI=1S/C16H8Cl2F3NO/c17-14-11-3-1-2-4-12(11)22-15(18)13(14)9-5-7-10(8-6-9)23-16(19,20)21/h1-8H. The lowest BCUT2D eigenvalue weighted by Crippen LogP contribution is -2.16. The van der Waals surface area contributed by atoms with Crippen LogP contribution in [0.4, 0.5) is 13.2 Å². The Morgan fingerprint density at radius 1 is 0.913 bits per heavy atom. The first kappa shape index (κ1) is 15.9. The molecule has 118 valence electrons. The monoisotopic (exact) mass is 357 g/mol. The lowest BCUT2D eigenvalue weighted by molar-refractivity contribution is -0.274. The summed E-state index contributed by atoms with van der Waals surface area (Å²) in [5.41, 5.74) is 1.65. The molecule has 0 saturated heterocycles. The average molecular weight is 358 g/mol. The lowest BCUT2D eigenvalue weighted by Gasteiger charge is -2.12. The maximum Gasteiger partial charge on any atom is 0.573 e. The fraction of sp³-hybridized carbons (Fsp3) is 0.0625. The fourth-order valence-electron chi connectivity index (χ4n) is 2.21. The van der Waals surface area contributed by atoms with Crippen LogP contribution >= 0.6 is 23.2 Å². The second-order valence-corrected chi connectivity index (χ2v) is 5.42. The number of pyridine rings is 1. The van der Waals surface area contributed by atoms with E-state index in [9.17, 15) is 13.2 Å². The van der Waals surface area contributed by atoms with Crippen LogP contribution in [-0.4, -0.2) is 11.3 Å². The van der Waals surface area contributed by atoms with Gasteiger partial charge < -0.3 is 4.74 Å². The highest BCUT2D eigenvalue weighted by atomic mass is 35.5. The SMILES string of the molecule is FC(F)(F)Oc1ccc(-c2c(Cl)nc3ccccc3c2Cl)cc1. The molecular formula is C16H8Cl2F3NO. The second-order valence-electron chi connectivity index (χ2n) is 4.68. The van der Waals surface area contributed by atoms with E-state index in [1.54, 1.807) is 12.1 Å². The maximum absolute atomic E-state index is 12.2. The van der Waals surface area contributed by atoms with Crippen molar-refractivity contribution < 1.29 is 17.9 Å². The normalized spacial score (nSPS) is 11.7. The van der Waals surface area contributed by atoms with Crippen molar-refractivity contribution in [1.82, 2.24) is 4.98 Å². The van der Waals surface area contributed by atoms with Crippen LogP contribution in [0.25, 0.3) is 22.0 Å². The first-order valence-electron chi connectivity index (χ1n) is 6.45. The summed E-state index contributed by atoms with van der Waals surface area (Å²) < 4.78 is 40.4. The lowest BCUT2D eigenvalue weighted by atomic mass is 10.0. The smallest absolute Gasteiger partial charge is 0.406 e. The predicted octanol–water partition coefficient (Wildman–Crippen LogP) is 6.11. The van der Waals surface area contributed by atoms with Gasteiger partial charge in [-0.1, -0.05) is 53.5 Å². The molecule has 7 heteroatoms. The van der Waals surface area contributed by atoms with Crippen LogP contribution in [0.3, 0.4) is 0 Å². The number of hydrogen-bond donors (Lipinski definition) is 0. The summed E-state index contributed by atoms with van der Waals surface area (Å²) in [5.74, 6) is -0.317. The molecule has 2 aromatic carbocycles. The van der Waals surface area contributed by atoms with Crippen molar-refractivity contribution in [3.05, 3.63) is 58.7 Å². The molecule has 0 amide bonds. The third-order valence-corrected chi connectivity index (χ3v) is 3.83. The molecule has 0 atom stereocenters. The Hall–Kier alpha value is -1.98. The zero-order valence-electron chi connectivity index (χ0n) is 11.4. The number of halogens is 5. The maximum atomic E-state index is 12.2. The van der Waals surface area contributed by atoms with Crippen molar-refractivity contribution in [2.24, 2.45) is 0 Å². The molecular weight excluding hydrogens is 350 g/mol. The van der Waals surface area contributed by atoms with E-state index in [4.69, 9.17) is 23.2 Å². The molecule has 0 saturated carbocycles.